The summed E-state index contributed by atoms with van der Waals surface area (Å²) < 4.78 is 10.8. The van der Waals surface area contributed by atoms with Gasteiger partial charge in [0.05, 0.1) is 13.7 Å². The van der Waals surface area contributed by atoms with Crippen molar-refractivity contribution in [1.82, 2.24) is 10.2 Å². The molecule has 0 fully saturated rings. The molecule has 1 aromatic carbocycles. The molecule has 0 aliphatic carbocycles. The third kappa shape index (κ3) is 3.57. The number of hydrogen-bond donors (Lipinski definition) is 1. The molecular weight excluding hydrogens is 262 g/mol. The van der Waals surface area contributed by atoms with Crippen LogP contribution in [0.2, 0.25) is 0 Å². The lowest BCUT2D eigenvalue weighted by molar-refractivity contribution is 0.310. The van der Waals surface area contributed by atoms with Gasteiger partial charge in [0.15, 0.2) is 11.5 Å². The van der Waals surface area contributed by atoms with E-state index in [2.05, 4.69) is 10.2 Å². The van der Waals surface area contributed by atoms with E-state index in [1.54, 1.807) is 7.11 Å². The summed E-state index contributed by atoms with van der Waals surface area (Å²) in [7, 11) is 1.65. The number of ether oxygens (including phenoxy) is 2. The summed E-state index contributed by atoms with van der Waals surface area (Å²) in [5, 5.41) is 9.27. The Hall–Kier alpha value is -1.82. The average Bonchev–Trinajstić information content (AvgIpc) is 2.83. The molecule has 0 bridgehead atoms. The van der Waals surface area contributed by atoms with E-state index in [4.69, 9.17) is 15.2 Å². The molecule has 19 heavy (non-hydrogen) atoms. The van der Waals surface area contributed by atoms with Gasteiger partial charge in [0.25, 0.3) is 0 Å². The van der Waals surface area contributed by atoms with E-state index >= 15 is 0 Å². The topological polar surface area (TPSA) is 70.3 Å². The van der Waals surface area contributed by atoms with Gasteiger partial charge in [-0.25, -0.2) is 0 Å². The number of aromatic nitrogens is 2. The van der Waals surface area contributed by atoms with Crippen LogP contribution in [0.1, 0.15) is 17.5 Å². The molecule has 0 amide bonds. The van der Waals surface area contributed by atoms with Crippen LogP contribution in [0, 0.1) is 0 Å². The lowest BCUT2D eigenvalue weighted by atomic mass is 10.1. The van der Waals surface area contributed by atoms with E-state index in [-0.39, 0.29) is 0 Å². The Bertz CT molecular complexity index is 542. The number of hydrogen-bond acceptors (Lipinski definition) is 6. The van der Waals surface area contributed by atoms with E-state index < -0.39 is 0 Å². The fourth-order valence-corrected chi connectivity index (χ4v) is 2.37. The standard InChI is InChI=1S/C13H17N3O2S/c1-3-18-10-6-4-9(8-11(10)17-2)5-7-12-15-16-13(14)19-12/h4,6,8H,3,5,7H2,1-2H3,(H2,14,16). The first kappa shape index (κ1) is 13.6. The lowest BCUT2D eigenvalue weighted by Crippen LogP contribution is -1.97. The lowest BCUT2D eigenvalue weighted by Gasteiger charge is -2.10. The van der Waals surface area contributed by atoms with Crippen molar-refractivity contribution in [2.24, 2.45) is 0 Å². The Morgan fingerprint density at radius 2 is 2.05 bits per heavy atom. The Morgan fingerprint density at radius 1 is 1.21 bits per heavy atom. The Balaban J connectivity index is 2.04. The molecule has 102 valence electrons. The maximum Gasteiger partial charge on any atom is 0.203 e. The third-order valence-corrected chi connectivity index (χ3v) is 3.45. The Kier molecular flexibility index (Phi) is 4.57. The minimum atomic E-state index is 0.513. The monoisotopic (exact) mass is 279 g/mol. The number of rotatable bonds is 6. The minimum absolute atomic E-state index is 0.513. The van der Waals surface area contributed by atoms with Crippen LogP contribution in [0.25, 0.3) is 0 Å². The number of anilines is 1. The smallest absolute Gasteiger partial charge is 0.203 e. The summed E-state index contributed by atoms with van der Waals surface area (Å²) in [6.07, 6.45) is 1.70. The van der Waals surface area contributed by atoms with Crippen LogP contribution in [-0.4, -0.2) is 23.9 Å². The molecule has 0 saturated heterocycles. The van der Waals surface area contributed by atoms with Gasteiger partial charge in [-0.05, 0) is 31.0 Å². The van der Waals surface area contributed by atoms with Crippen LogP contribution in [0.3, 0.4) is 0 Å². The molecule has 0 aliphatic heterocycles. The van der Waals surface area contributed by atoms with Crippen molar-refractivity contribution in [2.75, 3.05) is 19.5 Å². The molecule has 1 aromatic heterocycles. The van der Waals surface area contributed by atoms with Gasteiger partial charge < -0.3 is 15.2 Å². The molecule has 2 N–H and O–H groups in total. The zero-order valence-electron chi connectivity index (χ0n) is 11.0. The predicted molar refractivity (Wildman–Crippen MR) is 75.9 cm³/mol. The summed E-state index contributed by atoms with van der Waals surface area (Å²) in [6, 6.07) is 5.97. The van der Waals surface area contributed by atoms with Crippen molar-refractivity contribution in [3.8, 4) is 11.5 Å². The fraction of sp³-hybridized carbons (Fsp3) is 0.385. The number of methoxy groups -OCH3 is 1. The van der Waals surface area contributed by atoms with Gasteiger partial charge in [-0.15, -0.1) is 10.2 Å². The van der Waals surface area contributed by atoms with Gasteiger partial charge in [-0.2, -0.15) is 0 Å². The van der Waals surface area contributed by atoms with Gasteiger partial charge in [-0.3, -0.25) is 0 Å². The molecule has 0 unspecified atom stereocenters. The second-order valence-corrected chi connectivity index (χ2v) is 5.05. The summed E-state index contributed by atoms with van der Waals surface area (Å²) in [5.74, 6) is 1.53. The first-order valence-electron chi connectivity index (χ1n) is 6.10. The van der Waals surface area contributed by atoms with E-state index in [9.17, 15) is 0 Å². The second kappa shape index (κ2) is 6.38. The fourth-order valence-electron chi connectivity index (χ4n) is 1.76. The van der Waals surface area contributed by atoms with Gasteiger partial charge in [-0.1, -0.05) is 17.4 Å². The van der Waals surface area contributed by atoms with Crippen molar-refractivity contribution in [3.63, 3.8) is 0 Å². The third-order valence-electron chi connectivity index (χ3n) is 2.64. The van der Waals surface area contributed by atoms with Crippen molar-refractivity contribution >= 4 is 16.5 Å². The Morgan fingerprint density at radius 3 is 2.68 bits per heavy atom. The average molecular weight is 279 g/mol. The maximum absolute atomic E-state index is 5.55. The van der Waals surface area contributed by atoms with Crippen molar-refractivity contribution in [1.29, 1.82) is 0 Å². The normalized spacial score (nSPS) is 10.4. The van der Waals surface area contributed by atoms with E-state index in [0.29, 0.717) is 11.7 Å². The minimum Gasteiger partial charge on any atom is -0.493 e. The molecule has 1 heterocycles. The molecule has 2 aromatic rings. The van der Waals surface area contributed by atoms with Crippen LogP contribution in [0.15, 0.2) is 18.2 Å². The predicted octanol–water partition coefficient (Wildman–Crippen LogP) is 2.31. The first-order valence-corrected chi connectivity index (χ1v) is 6.92. The first-order chi connectivity index (χ1) is 9.22. The van der Waals surface area contributed by atoms with Crippen molar-refractivity contribution < 1.29 is 9.47 Å². The number of nitrogens with zero attached hydrogens (tertiary/aromatic N) is 2. The molecule has 0 saturated carbocycles. The molecular formula is C13H17N3O2S. The zero-order chi connectivity index (χ0) is 13.7. The zero-order valence-corrected chi connectivity index (χ0v) is 11.9. The van der Waals surface area contributed by atoms with Crippen molar-refractivity contribution in [3.05, 3.63) is 28.8 Å². The van der Waals surface area contributed by atoms with Crippen LogP contribution >= 0.6 is 11.3 Å². The highest BCUT2D eigenvalue weighted by Gasteiger charge is 2.07. The molecule has 0 aliphatic rings. The molecule has 0 spiro atoms. The van der Waals surface area contributed by atoms with E-state index in [0.717, 1.165) is 29.3 Å². The van der Waals surface area contributed by atoms with E-state index in [1.807, 2.05) is 25.1 Å². The van der Waals surface area contributed by atoms with Crippen LogP contribution < -0.4 is 15.2 Å². The van der Waals surface area contributed by atoms with Gasteiger partial charge in [0.1, 0.15) is 5.01 Å². The summed E-state index contributed by atoms with van der Waals surface area (Å²) in [4.78, 5) is 0. The Labute approximate surface area is 116 Å². The number of nitrogens with two attached hydrogens (primary N) is 1. The molecule has 2 rings (SSSR count). The number of benzene rings is 1. The largest absolute Gasteiger partial charge is 0.493 e. The van der Waals surface area contributed by atoms with Crippen molar-refractivity contribution in [2.45, 2.75) is 19.8 Å². The molecule has 6 heteroatoms. The number of aryl methyl sites for hydroxylation is 2. The van der Waals surface area contributed by atoms with Gasteiger partial charge >= 0.3 is 0 Å². The van der Waals surface area contributed by atoms with Gasteiger partial charge in [0.2, 0.25) is 5.13 Å². The summed E-state index contributed by atoms with van der Waals surface area (Å²) >= 11 is 1.43. The van der Waals surface area contributed by atoms with Crippen LogP contribution in [0.4, 0.5) is 5.13 Å². The highest BCUT2D eigenvalue weighted by Crippen LogP contribution is 2.28. The maximum atomic E-state index is 5.55. The summed E-state index contributed by atoms with van der Waals surface area (Å²) in [5.41, 5.74) is 6.73. The summed E-state index contributed by atoms with van der Waals surface area (Å²) in [6.45, 7) is 2.58. The van der Waals surface area contributed by atoms with Gasteiger partial charge in [0, 0.05) is 6.42 Å². The SMILES string of the molecule is CCOc1ccc(CCc2nnc(N)s2)cc1OC. The quantitative estimate of drug-likeness (QED) is 0.878. The highest BCUT2D eigenvalue weighted by molar-refractivity contribution is 7.15. The molecule has 0 atom stereocenters. The molecule has 5 nitrogen and oxygen atoms in total. The van der Waals surface area contributed by atoms with E-state index in [1.165, 1.54) is 16.9 Å². The second-order valence-electron chi connectivity index (χ2n) is 3.95. The number of nitrogen functional groups attached to an aromatic ring is 1. The van der Waals surface area contributed by atoms with Crippen LogP contribution in [-0.2, 0) is 12.8 Å². The highest BCUT2D eigenvalue weighted by atomic mass is 32.1. The van der Waals surface area contributed by atoms with Crippen LogP contribution in [0.5, 0.6) is 11.5 Å². The molecule has 0 radical (unpaired) electrons.